The van der Waals surface area contributed by atoms with Crippen molar-refractivity contribution < 1.29 is 4.39 Å². The van der Waals surface area contributed by atoms with Crippen LogP contribution in [0.25, 0.3) is 33.9 Å². The molecule has 41 heavy (non-hydrogen) atoms. The number of imidazole rings is 1. The lowest BCUT2D eigenvalue weighted by molar-refractivity contribution is 0.211. The average molecular weight is 544 g/mol. The molecule has 3 aromatic carbocycles. The van der Waals surface area contributed by atoms with E-state index in [0.29, 0.717) is 23.2 Å². The molecule has 0 aliphatic carbocycles. The van der Waals surface area contributed by atoms with Gasteiger partial charge < -0.3 is 9.88 Å². The van der Waals surface area contributed by atoms with Crippen molar-refractivity contribution in [3.8, 4) is 40.0 Å². The monoisotopic (exact) mass is 543 g/mol. The van der Waals surface area contributed by atoms with E-state index >= 15 is 0 Å². The number of rotatable bonds is 7. The van der Waals surface area contributed by atoms with Crippen LogP contribution in [0.2, 0.25) is 0 Å². The minimum Gasteiger partial charge on any atom is -0.367 e. The Morgan fingerprint density at radius 3 is 2.37 bits per heavy atom. The first-order chi connectivity index (χ1) is 20.1. The third kappa shape index (κ3) is 5.72. The lowest BCUT2D eigenvalue weighted by atomic mass is 10.0. The van der Waals surface area contributed by atoms with Crippen LogP contribution in [0.1, 0.15) is 24.2 Å². The molecular formula is C33H30FN7. The van der Waals surface area contributed by atoms with Crippen molar-refractivity contribution in [1.82, 2.24) is 24.4 Å². The Hall–Kier alpha value is -4.87. The van der Waals surface area contributed by atoms with Gasteiger partial charge in [-0.3, -0.25) is 4.90 Å². The van der Waals surface area contributed by atoms with Crippen molar-refractivity contribution in [2.75, 3.05) is 18.4 Å². The molecule has 6 rings (SSSR count). The van der Waals surface area contributed by atoms with Gasteiger partial charge >= 0.3 is 0 Å². The van der Waals surface area contributed by atoms with Crippen LogP contribution >= 0.6 is 0 Å². The minimum absolute atomic E-state index is 0.181. The number of halogens is 1. The van der Waals surface area contributed by atoms with E-state index < -0.39 is 0 Å². The van der Waals surface area contributed by atoms with Crippen molar-refractivity contribution >= 4 is 5.82 Å². The number of piperidine rings is 1. The predicted molar refractivity (Wildman–Crippen MR) is 158 cm³/mol. The first kappa shape index (κ1) is 26.4. The van der Waals surface area contributed by atoms with E-state index in [1.165, 1.54) is 11.6 Å². The van der Waals surface area contributed by atoms with Gasteiger partial charge in [-0.2, -0.15) is 5.26 Å². The van der Waals surface area contributed by atoms with Crippen LogP contribution in [-0.2, 0) is 13.6 Å². The summed E-state index contributed by atoms with van der Waals surface area (Å²) in [6.07, 6.45) is 3.61. The number of nitriles is 1. The molecule has 0 spiro atoms. The first-order valence-electron chi connectivity index (χ1n) is 13.8. The molecule has 204 valence electrons. The molecule has 8 heteroatoms. The molecule has 0 amide bonds. The predicted octanol–water partition coefficient (Wildman–Crippen LogP) is 6.30. The van der Waals surface area contributed by atoms with Crippen molar-refractivity contribution in [2.45, 2.75) is 25.4 Å². The highest BCUT2D eigenvalue weighted by molar-refractivity contribution is 5.82. The molecule has 0 bridgehead atoms. The topological polar surface area (TPSA) is 82.7 Å². The molecule has 1 N–H and O–H groups in total. The summed E-state index contributed by atoms with van der Waals surface area (Å²) in [7, 11) is 1.95. The highest BCUT2D eigenvalue weighted by Crippen LogP contribution is 2.36. The van der Waals surface area contributed by atoms with E-state index in [-0.39, 0.29) is 11.6 Å². The van der Waals surface area contributed by atoms with E-state index in [2.05, 4.69) is 56.6 Å². The Morgan fingerprint density at radius 2 is 1.63 bits per heavy atom. The lowest BCUT2D eigenvalue weighted by Crippen LogP contribution is -2.38. The van der Waals surface area contributed by atoms with Crippen LogP contribution < -0.4 is 5.32 Å². The summed E-state index contributed by atoms with van der Waals surface area (Å²) < 4.78 is 16.7. The lowest BCUT2D eigenvalue weighted by Gasteiger charge is -2.32. The van der Waals surface area contributed by atoms with Gasteiger partial charge in [0, 0.05) is 50.0 Å². The first-order valence-corrected chi connectivity index (χ1v) is 13.8. The van der Waals surface area contributed by atoms with Gasteiger partial charge in [-0.15, -0.1) is 0 Å². The van der Waals surface area contributed by atoms with E-state index in [9.17, 15) is 4.39 Å². The molecule has 3 heterocycles. The maximum atomic E-state index is 14.8. The Bertz CT molecular complexity index is 1680. The van der Waals surface area contributed by atoms with Gasteiger partial charge in [-0.1, -0.05) is 66.7 Å². The molecule has 0 saturated carbocycles. The van der Waals surface area contributed by atoms with Crippen LogP contribution in [0.15, 0.2) is 91.1 Å². The molecule has 5 aromatic rings. The van der Waals surface area contributed by atoms with Gasteiger partial charge in [0.2, 0.25) is 5.82 Å². The van der Waals surface area contributed by atoms with Crippen molar-refractivity contribution in [1.29, 1.82) is 5.26 Å². The smallest absolute Gasteiger partial charge is 0.234 e. The molecule has 0 radical (unpaired) electrons. The maximum absolute atomic E-state index is 14.8. The molecule has 1 saturated heterocycles. The Balaban J connectivity index is 1.18. The number of hydrogen-bond acceptors (Lipinski definition) is 6. The second-order valence-electron chi connectivity index (χ2n) is 10.3. The van der Waals surface area contributed by atoms with Gasteiger partial charge in [-0.25, -0.2) is 19.3 Å². The highest BCUT2D eigenvalue weighted by Gasteiger charge is 2.22. The van der Waals surface area contributed by atoms with Gasteiger partial charge in [0.1, 0.15) is 23.5 Å². The zero-order valence-corrected chi connectivity index (χ0v) is 22.8. The molecule has 7 nitrogen and oxygen atoms in total. The second kappa shape index (κ2) is 11.7. The molecule has 2 aromatic heterocycles. The highest BCUT2D eigenvalue weighted by atomic mass is 19.1. The van der Waals surface area contributed by atoms with Crippen molar-refractivity contribution in [3.63, 3.8) is 0 Å². The quantitative estimate of drug-likeness (QED) is 0.260. The molecule has 1 aliphatic rings. The number of benzene rings is 3. The second-order valence-corrected chi connectivity index (χ2v) is 10.3. The van der Waals surface area contributed by atoms with Crippen LogP contribution in [0.5, 0.6) is 0 Å². The molecule has 0 unspecified atom stereocenters. The van der Waals surface area contributed by atoms with Crippen molar-refractivity contribution in [3.05, 3.63) is 108 Å². The third-order valence-corrected chi connectivity index (χ3v) is 7.59. The Labute approximate surface area is 239 Å². The van der Waals surface area contributed by atoms with Crippen LogP contribution in [-0.4, -0.2) is 43.6 Å². The third-order valence-electron chi connectivity index (χ3n) is 7.59. The van der Waals surface area contributed by atoms with E-state index in [1.54, 1.807) is 24.4 Å². The van der Waals surface area contributed by atoms with E-state index in [1.807, 2.05) is 41.9 Å². The van der Waals surface area contributed by atoms with E-state index in [0.717, 1.165) is 55.0 Å². The van der Waals surface area contributed by atoms with Crippen LogP contribution in [0.4, 0.5) is 10.2 Å². The largest absolute Gasteiger partial charge is 0.367 e. The fraction of sp³-hybridized carbons (Fsp3) is 0.212. The van der Waals surface area contributed by atoms with Gasteiger partial charge in [0.15, 0.2) is 0 Å². The molecule has 0 atom stereocenters. The van der Waals surface area contributed by atoms with Gasteiger partial charge in [0.25, 0.3) is 0 Å². The number of aromatic nitrogens is 4. The summed E-state index contributed by atoms with van der Waals surface area (Å²) in [5, 5.41) is 12.5. The Kier molecular flexibility index (Phi) is 7.52. The number of anilines is 1. The van der Waals surface area contributed by atoms with Gasteiger partial charge in [-0.05, 0) is 36.6 Å². The fourth-order valence-corrected chi connectivity index (χ4v) is 5.47. The van der Waals surface area contributed by atoms with E-state index in [4.69, 9.17) is 10.2 Å². The number of nitrogens with zero attached hydrogens (tertiary/aromatic N) is 6. The summed E-state index contributed by atoms with van der Waals surface area (Å²) in [5.41, 5.74) is 5.54. The summed E-state index contributed by atoms with van der Waals surface area (Å²) in [6.45, 7) is 2.81. The van der Waals surface area contributed by atoms with Crippen LogP contribution in [0.3, 0.4) is 0 Å². The summed E-state index contributed by atoms with van der Waals surface area (Å²) >= 11 is 0. The fourth-order valence-electron chi connectivity index (χ4n) is 5.47. The summed E-state index contributed by atoms with van der Waals surface area (Å²) in [4.78, 5) is 15.6. The normalized spacial score (nSPS) is 14.1. The summed E-state index contributed by atoms with van der Waals surface area (Å²) in [6, 6.07) is 29.6. The SMILES string of the molecule is Cn1c(-c2ccccc2F)nc(-c2ccc(CN3CCC(Nc4ccnc(C#N)n4)CC3)cc2)c1-c1ccccc1. The molecule has 1 aliphatic heterocycles. The minimum atomic E-state index is -0.287. The number of hydrogen-bond donors (Lipinski definition) is 1. The van der Waals surface area contributed by atoms with Crippen LogP contribution in [0, 0.1) is 17.1 Å². The number of likely N-dealkylation sites (tertiary alicyclic amines) is 1. The van der Waals surface area contributed by atoms with Gasteiger partial charge in [0.05, 0.1) is 17.0 Å². The zero-order chi connectivity index (χ0) is 28.2. The number of nitrogens with one attached hydrogen (secondary N) is 1. The molecule has 1 fully saturated rings. The average Bonchev–Trinajstić information content (AvgIpc) is 3.36. The Morgan fingerprint density at radius 1 is 0.902 bits per heavy atom. The molecular weight excluding hydrogens is 513 g/mol. The van der Waals surface area contributed by atoms with Crippen molar-refractivity contribution in [2.24, 2.45) is 7.05 Å². The summed E-state index contributed by atoms with van der Waals surface area (Å²) in [5.74, 6) is 1.20. The standard InChI is InChI=1S/C33H30FN7/c1-40-32(25-7-3-2-4-8-25)31(39-33(40)27-9-5-6-10-28(27)34)24-13-11-23(12-14-24)22-41-19-16-26(17-20-41)37-29-15-18-36-30(21-35)38-29/h2-15,18,26H,16-17,19-20,22H2,1H3,(H,36,37,38). The maximum Gasteiger partial charge on any atom is 0.234 e. The zero-order valence-electron chi connectivity index (χ0n) is 22.8.